The zero-order valence-electron chi connectivity index (χ0n) is 15.1. The Morgan fingerprint density at radius 2 is 2.12 bits per heavy atom. The quantitative estimate of drug-likeness (QED) is 0.757. The van der Waals surface area contributed by atoms with Gasteiger partial charge in [-0.2, -0.15) is 0 Å². The first kappa shape index (κ1) is 17.1. The molecule has 1 N–H and O–H groups in total. The number of carbonyl (C=O) groups is 1. The van der Waals surface area contributed by atoms with Gasteiger partial charge in [0, 0.05) is 30.1 Å². The van der Waals surface area contributed by atoms with Gasteiger partial charge in [-0.05, 0) is 25.2 Å². The fraction of sp³-hybridized carbons (Fsp3) is 0.381. The highest BCUT2D eigenvalue weighted by Gasteiger charge is 2.29. The molecule has 1 amide bonds. The van der Waals surface area contributed by atoms with Crippen LogP contribution in [-0.4, -0.2) is 38.4 Å². The maximum atomic E-state index is 12.9. The van der Waals surface area contributed by atoms with Crippen LogP contribution in [0.4, 0.5) is 0 Å². The molecule has 0 spiro atoms. The first-order valence-corrected chi connectivity index (χ1v) is 9.01. The van der Waals surface area contributed by atoms with Gasteiger partial charge < -0.3 is 19.2 Å². The maximum absolute atomic E-state index is 12.9. The summed E-state index contributed by atoms with van der Waals surface area (Å²) in [5.74, 6) is 0.135. The van der Waals surface area contributed by atoms with E-state index in [2.05, 4.69) is 11.4 Å². The average Bonchev–Trinajstić information content (AvgIpc) is 3.30. The van der Waals surface area contributed by atoms with Crippen molar-refractivity contribution in [2.24, 2.45) is 0 Å². The molecular weight excluding hydrogens is 330 g/mol. The Labute approximate surface area is 152 Å². The van der Waals surface area contributed by atoms with Crippen molar-refractivity contribution in [3.05, 3.63) is 47.7 Å². The van der Waals surface area contributed by atoms with Crippen LogP contribution < -0.4 is 5.32 Å². The van der Waals surface area contributed by atoms with Crippen LogP contribution in [0.1, 0.15) is 29.0 Å². The van der Waals surface area contributed by atoms with E-state index in [1.165, 1.54) is 0 Å². The summed E-state index contributed by atoms with van der Waals surface area (Å²) in [6.45, 7) is 3.07. The minimum atomic E-state index is -0.222. The number of carbonyl (C=O) groups excluding carboxylic acids is 1. The lowest BCUT2D eigenvalue weighted by Crippen LogP contribution is -2.46. The molecule has 2 heterocycles. The molecule has 0 radical (unpaired) electrons. The van der Waals surface area contributed by atoms with Crippen molar-refractivity contribution in [3.63, 3.8) is 0 Å². The van der Waals surface area contributed by atoms with Crippen molar-refractivity contribution in [1.29, 1.82) is 0 Å². The van der Waals surface area contributed by atoms with Gasteiger partial charge in [-0.25, -0.2) is 0 Å². The number of rotatable bonds is 5. The summed E-state index contributed by atoms with van der Waals surface area (Å²) in [4.78, 5) is 12.9. The SMILES string of the molecule is COC[C@@H](NC(=O)c1oc2c(ccc3ccccc32)c1C)[C@H]1CCCO1. The molecule has 26 heavy (non-hydrogen) atoms. The number of methoxy groups -OCH3 is 1. The predicted molar refractivity (Wildman–Crippen MR) is 101 cm³/mol. The molecule has 0 saturated carbocycles. The summed E-state index contributed by atoms with van der Waals surface area (Å²) < 4.78 is 17.0. The average molecular weight is 353 g/mol. The Balaban J connectivity index is 1.67. The van der Waals surface area contributed by atoms with E-state index in [4.69, 9.17) is 13.9 Å². The van der Waals surface area contributed by atoms with Crippen LogP contribution in [0.3, 0.4) is 0 Å². The largest absolute Gasteiger partial charge is 0.450 e. The summed E-state index contributed by atoms with van der Waals surface area (Å²) in [6.07, 6.45) is 1.93. The fourth-order valence-corrected chi connectivity index (χ4v) is 3.74. The van der Waals surface area contributed by atoms with Gasteiger partial charge in [0.15, 0.2) is 5.76 Å². The molecule has 5 heteroatoms. The van der Waals surface area contributed by atoms with Crippen LogP contribution in [0.25, 0.3) is 21.7 Å². The second-order valence-corrected chi connectivity index (χ2v) is 6.81. The lowest BCUT2D eigenvalue weighted by molar-refractivity contribution is 0.0396. The van der Waals surface area contributed by atoms with Gasteiger partial charge in [-0.3, -0.25) is 4.79 Å². The third-order valence-corrected chi connectivity index (χ3v) is 5.11. The number of ether oxygens (including phenoxy) is 2. The van der Waals surface area contributed by atoms with Gasteiger partial charge in [0.2, 0.25) is 0 Å². The van der Waals surface area contributed by atoms with Crippen LogP contribution in [0.2, 0.25) is 0 Å². The smallest absolute Gasteiger partial charge is 0.287 e. The third kappa shape index (κ3) is 2.97. The van der Waals surface area contributed by atoms with Gasteiger partial charge in [-0.1, -0.05) is 36.4 Å². The normalized spacial score (nSPS) is 18.5. The number of hydrogen-bond acceptors (Lipinski definition) is 4. The highest BCUT2D eigenvalue weighted by molar-refractivity contribution is 6.08. The molecule has 1 saturated heterocycles. The van der Waals surface area contributed by atoms with Crippen LogP contribution >= 0.6 is 0 Å². The second kappa shape index (κ2) is 7.09. The monoisotopic (exact) mass is 353 g/mol. The summed E-state index contributed by atoms with van der Waals surface area (Å²) in [5, 5.41) is 6.12. The van der Waals surface area contributed by atoms with E-state index < -0.39 is 0 Å². The second-order valence-electron chi connectivity index (χ2n) is 6.81. The standard InChI is InChI=1S/C21H23NO4/c1-13-15-10-9-14-6-3-4-7-16(14)20(15)26-19(13)21(23)22-17(12-24-2)18-8-5-11-25-18/h3-4,6-7,9-10,17-18H,5,8,11-12H2,1-2H3,(H,22,23)/t17-,18-/m1/s1. The van der Waals surface area contributed by atoms with Gasteiger partial charge in [0.1, 0.15) is 5.58 Å². The van der Waals surface area contributed by atoms with E-state index in [-0.39, 0.29) is 18.1 Å². The fourth-order valence-electron chi connectivity index (χ4n) is 3.74. The number of aryl methyl sites for hydroxylation is 1. The van der Waals surface area contributed by atoms with Crippen LogP contribution in [0.15, 0.2) is 40.8 Å². The lowest BCUT2D eigenvalue weighted by atomic mass is 10.1. The first-order chi connectivity index (χ1) is 12.7. The van der Waals surface area contributed by atoms with E-state index in [1.54, 1.807) is 7.11 Å². The number of nitrogens with one attached hydrogen (secondary N) is 1. The highest BCUT2D eigenvalue weighted by atomic mass is 16.5. The molecule has 2 atom stereocenters. The number of fused-ring (bicyclic) bond motifs is 3. The molecule has 136 valence electrons. The molecule has 0 aliphatic carbocycles. The number of benzene rings is 2. The molecule has 2 aromatic carbocycles. The molecule has 1 aromatic heterocycles. The van der Waals surface area contributed by atoms with Crippen molar-refractivity contribution in [3.8, 4) is 0 Å². The highest BCUT2D eigenvalue weighted by Crippen LogP contribution is 2.31. The van der Waals surface area contributed by atoms with Crippen molar-refractivity contribution in [2.45, 2.75) is 31.9 Å². The van der Waals surface area contributed by atoms with Crippen molar-refractivity contribution in [1.82, 2.24) is 5.32 Å². The van der Waals surface area contributed by atoms with E-state index in [0.717, 1.165) is 46.8 Å². The van der Waals surface area contributed by atoms with Gasteiger partial charge in [-0.15, -0.1) is 0 Å². The molecule has 0 unspecified atom stereocenters. The summed E-state index contributed by atoms with van der Waals surface area (Å²) in [7, 11) is 1.63. The predicted octanol–water partition coefficient (Wildman–Crippen LogP) is 3.82. The molecule has 1 fully saturated rings. The zero-order chi connectivity index (χ0) is 18.1. The van der Waals surface area contributed by atoms with Crippen LogP contribution in [0, 0.1) is 6.92 Å². The van der Waals surface area contributed by atoms with Crippen molar-refractivity contribution in [2.75, 3.05) is 20.3 Å². The zero-order valence-corrected chi connectivity index (χ0v) is 15.1. The minimum Gasteiger partial charge on any atom is -0.450 e. The lowest BCUT2D eigenvalue weighted by Gasteiger charge is -2.23. The number of hydrogen-bond donors (Lipinski definition) is 1. The summed E-state index contributed by atoms with van der Waals surface area (Å²) in [6, 6.07) is 11.9. The summed E-state index contributed by atoms with van der Waals surface area (Å²) >= 11 is 0. The molecular formula is C21H23NO4. The minimum absolute atomic E-state index is 0.00980. The van der Waals surface area contributed by atoms with Crippen LogP contribution in [-0.2, 0) is 9.47 Å². The third-order valence-electron chi connectivity index (χ3n) is 5.11. The molecule has 1 aliphatic heterocycles. The van der Waals surface area contributed by atoms with E-state index in [0.29, 0.717) is 12.4 Å². The van der Waals surface area contributed by atoms with Gasteiger partial charge >= 0.3 is 0 Å². The van der Waals surface area contributed by atoms with E-state index in [9.17, 15) is 4.79 Å². The Bertz CT molecular complexity index is 940. The molecule has 3 aromatic rings. The van der Waals surface area contributed by atoms with E-state index >= 15 is 0 Å². The number of amides is 1. The Hall–Kier alpha value is -2.37. The van der Waals surface area contributed by atoms with E-state index in [1.807, 2.05) is 37.3 Å². The molecule has 0 bridgehead atoms. The van der Waals surface area contributed by atoms with Crippen LogP contribution in [0.5, 0.6) is 0 Å². The maximum Gasteiger partial charge on any atom is 0.287 e. The van der Waals surface area contributed by atoms with Crippen molar-refractivity contribution >= 4 is 27.6 Å². The molecule has 4 rings (SSSR count). The summed E-state index contributed by atoms with van der Waals surface area (Å²) in [5.41, 5.74) is 1.61. The van der Waals surface area contributed by atoms with Gasteiger partial charge in [0.25, 0.3) is 5.91 Å². The topological polar surface area (TPSA) is 60.7 Å². The Kier molecular flexibility index (Phi) is 4.66. The Morgan fingerprint density at radius 1 is 1.27 bits per heavy atom. The first-order valence-electron chi connectivity index (χ1n) is 9.01. The van der Waals surface area contributed by atoms with Gasteiger partial charge in [0.05, 0.1) is 18.8 Å². The van der Waals surface area contributed by atoms with Crippen molar-refractivity contribution < 1.29 is 18.7 Å². The molecule has 5 nitrogen and oxygen atoms in total. The number of furan rings is 1. The Morgan fingerprint density at radius 3 is 2.88 bits per heavy atom. The molecule has 1 aliphatic rings.